The van der Waals surface area contributed by atoms with Crippen LogP contribution in [0.3, 0.4) is 0 Å². The van der Waals surface area contributed by atoms with Crippen LogP contribution in [-0.2, 0) is 11.3 Å². The number of aromatic hydroxyl groups is 1. The number of benzene rings is 2. The van der Waals surface area contributed by atoms with Gasteiger partial charge >= 0.3 is 0 Å². The highest BCUT2D eigenvalue weighted by molar-refractivity contribution is 8.08. The van der Waals surface area contributed by atoms with E-state index in [9.17, 15) is 9.90 Å². The highest BCUT2D eigenvalue weighted by atomic mass is 32.2. The van der Waals surface area contributed by atoms with Crippen molar-refractivity contribution in [1.82, 2.24) is 0 Å². The van der Waals surface area contributed by atoms with E-state index in [1.54, 1.807) is 30.0 Å². The third kappa shape index (κ3) is 7.24. The van der Waals surface area contributed by atoms with E-state index < -0.39 is 0 Å². The van der Waals surface area contributed by atoms with Crippen molar-refractivity contribution in [2.45, 2.75) is 24.7 Å². The number of furan rings is 1. The summed E-state index contributed by atoms with van der Waals surface area (Å²) in [5, 5.41) is 13.1. The average molecular weight is 441 g/mol. The van der Waals surface area contributed by atoms with Gasteiger partial charge in [0.15, 0.2) is 12.0 Å². The fourth-order valence-electron chi connectivity index (χ4n) is 2.75. The molecule has 31 heavy (non-hydrogen) atoms. The van der Waals surface area contributed by atoms with Crippen molar-refractivity contribution >= 4 is 34.5 Å². The number of anilines is 2. The van der Waals surface area contributed by atoms with Crippen LogP contribution in [0, 0.1) is 0 Å². The van der Waals surface area contributed by atoms with Crippen LogP contribution < -0.4 is 10.8 Å². The number of aldehydes is 1. The number of carbonyl (C=O) groups is 1. The standard InChI is InChI=1S/C18H21NOS.C6H7NO3/c1-4-7-14-8-5-6-9-18(14)21-13(2)16-12-15(19-3)10-11-17(16)20;1-9-7-6-3-2-5(4-8)10-6/h5-6,8-12,19-20H,2,4,7H2,1,3H3;2-4,7H,1H3. The van der Waals surface area contributed by atoms with Crippen LogP contribution in [0.25, 0.3) is 4.91 Å². The fourth-order valence-corrected chi connectivity index (χ4v) is 3.74. The summed E-state index contributed by atoms with van der Waals surface area (Å²) in [6.07, 6.45) is 2.80. The molecular weight excluding hydrogens is 412 g/mol. The molecule has 0 saturated heterocycles. The molecule has 1 aromatic heterocycles. The van der Waals surface area contributed by atoms with E-state index in [0.717, 1.165) is 29.0 Å². The number of hydrogen-bond acceptors (Lipinski definition) is 7. The first-order chi connectivity index (χ1) is 15.0. The molecule has 6 nitrogen and oxygen atoms in total. The third-order valence-electron chi connectivity index (χ3n) is 4.26. The summed E-state index contributed by atoms with van der Waals surface area (Å²) in [6, 6.07) is 17.0. The fraction of sp³-hybridized carbons (Fsp3) is 0.208. The molecule has 7 heteroatoms. The van der Waals surface area contributed by atoms with Gasteiger partial charge in [-0.05, 0) is 42.3 Å². The number of aryl methyl sites for hydroxylation is 1. The largest absolute Gasteiger partial charge is 0.507 e. The second-order valence-electron chi connectivity index (χ2n) is 6.49. The molecule has 2 aromatic carbocycles. The first-order valence-electron chi connectivity index (χ1n) is 9.82. The second-order valence-corrected chi connectivity index (χ2v) is 7.63. The summed E-state index contributed by atoms with van der Waals surface area (Å²) in [5.74, 6) is 0.962. The molecule has 0 unspecified atom stereocenters. The van der Waals surface area contributed by atoms with Gasteiger partial charge in [0.05, 0.1) is 7.11 Å². The molecule has 0 saturated carbocycles. The molecule has 0 aliphatic rings. The predicted molar refractivity (Wildman–Crippen MR) is 128 cm³/mol. The minimum atomic E-state index is 0.263. The highest BCUT2D eigenvalue weighted by Crippen LogP contribution is 2.39. The molecule has 0 bridgehead atoms. The maximum atomic E-state index is 10.1. The quantitative estimate of drug-likeness (QED) is 0.158. The first-order valence-corrected chi connectivity index (χ1v) is 10.6. The SMILES string of the molecule is C=C(Sc1ccccc1CCC)c1cc(NC)ccc1O.CONc1ccc(C=O)o1. The minimum absolute atomic E-state index is 0.263. The van der Waals surface area contributed by atoms with Crippen molar-refractivity contribution in [3.63, 3.8) is 0 Å². The Morgan fingerprint density at radius 1 is 1.23 bits per heavy atom. The predicted octanol–water partition coefficient (Wildman–Crippen LogP) is 6.21. The Morgan fingerprint density at radius 2 is 2.00 bits per heavy atom. The number of nitrogens with one attached hydrogen (secondary N) is 2. The van der Waals surface area contributed by atoms with E-state index in [1.165, 1.54) is 17.6 Å². The van der Waals surface area contributed by atoms with Gasteiger partial charge in [-0.25, -0.2) is 5.48 Å². The molecule has 3 N–H and O–H groups in total. The number of thioether (sulfide) groups is 1. The average Bonchev–Trinajstić information content (AvgIpc) is 3.24. The van der Waals surface area contributed by atoms with Crippen molar-refractivity contribution in [3.05, 3.63) is 78.1 Å². The van der Waals surface area contributed by atoms with Crippen LogP contribution in [0.4, 0.5) is 11.6 Å². The Bertz CT molecular complexity index is 1000. The molecule has 164 valence electrons. The molecule has 3 aromatic rings. The van der Waals surface area contributed by atoms with Crippen LogP contribution in [0.2, 0.25) is 0 Å². The Hall–Kier alpha value is -3.16. The summed E-state index contributed by atoms with van der Waals surface area (Å²) in [4.78, 5) is 16.6. The van der Waals surface area contributed by atoms with Crippen molar-refractivity contribution in [1.29, 1.82) is 0 Å². The van der Waals surface area contributed by atoms with Gasteiger partial charge in [-0.1, -0.05) is 49.9 Å². The van der Waals surface area contributed by atoms with Crippen molar-refractivity contribution in [2.75, 3.05) is 25.0 Å². The van der Waals surface area contributed by atoms with Gasteiger partial charge in [-0.2, -0.15) is 0 Å². The number of phenolic OH excluding ortho intramolecular Hbond substituents is 1. The Balaban J connectivity index is 0.000000285. The van der Waals surface area contributed by atoms with Gasteiger partial charge in [0.2, 0.25) is 5.88 Å². The molecule has 1 heterocycles. The topological polar surface area (TPSA) is 83.7 Å². The monoisotopic (exact) mass is 440 g/mol. The molecule has 0 aliphatic heterocycles. The number of carbonyl (C=O) groups excluding carboxylic acids is 1. The third-order valence-corrected chi connectivity index (χ3v) is 5.34. The summed E-state index contributed by atoms with van der Waals surface area (Å²) in [7, 11) is 3.33. The zero-order chi connectivity index (χ0) is 22.6. The summed E-state index contributed by atoms with van der Waals surface area (Å²) in [6.45, 7) is 6.31. The van der Waals surface area contributed by atoms with Gasteiger partial charge in [-0.3, -0.25) is 9.63 Å². The Morgan fingerprint density at radius 3 is 2.65 bits per heavy atom. The van der Waals surface area contributed by atoms with E-state index in [-0.39, 0.29) is 11.5 Å². The molecule has 3 rings (SSSR count). The highest BCUT2D eigenvalue weighted by Gasteiger charge is 2.10. The lowest BCUT2D eigenvalue weighted by molar-refractivity contribution is 0.110. The molecule has 0 amide bonds. The van der Waals surface area contributed by atoms with E-state index in [1.807, 2.05) is 25.2 Å². The van der Waals surface area contributed by atoms with Crippen molar-refractivity contribution in [3.8, 4) is 5.75 Å². The van der Waals surface area contributed by atoms with Crippen LogP contribution >= 0.6 is 11.8 Å². The molecule has 0 radical (unpaired) electrons. The van der Waals surface area contributed by atoms with E-state index in [4.69, 9.17) is 4.42 Å². The lowest BCUT2D eigenvalue weighted by Crippen LogP contribution is -1.92. The zero-order valence-electron chi connectivity index (χ0n) is 18.0. The molecule has 0 aliphatic carbocycles. The maximum absolute atomic E-state index is 10.1. The normalized spacial score (nSPS) is 10.0. The first kappa shape index (κ1) is 24.1. The van der Waals surface area contributed by atoms with E-state index in [2.05, 4.69) is 47.3 Å². The van der Waals surface area contributed by atoms with Gasteiger partial charge in [-0.15, -0.1) is 0 Å². The number of phenols is 1. The molecule has 0 atom stereocenters. The molecule has 0 fully saturated rings. The summed E-state index contributed by atoms with van der Waals surface area (Å²) < 4.78 is 4.87. The van der Waals surface area contributed by atoms with Crippen LogP contribution in [0.5, 0.6) is 5.75 Å². The van der Waals surface area contributed by atoms with Crippen LogP contribution in [0.15, 0.2) is 70.5 Å². The van der Waals surface area contributed by atoms with Crippen molar-refractivity contribution in [2.24, 2.45) is 0 Å². The Labute approximate surface area is 187 Å². The zero-order valence-corrected chi connectivity index (χ0v) is 18.8. The summed E-state index contributed by atoms with van der Waals surface area (Å²) in [5.41, 5.74) is 5.51. The second kappa shape index (κ2) is 12.5. The lowest BCUT2D eigenvalue weighted by atomic mass is 10.1. The van der Waals surface area contributed by atoms with E-state index >= 15 is 0 Å². The van der Waals surface area contributed by atoms with Crippen LogP contribution in [0.1, 0.15) is 35.0 Å². The number of hydrogen-bond donors (Lipinski definition) is 3. The summed E-state index contributed by atoms with van der Waals surface area (Å²) >= 11 is 1.61. The lowest BCUT2D eigenvalue weighted by Gasteiger charge is -2.12. The van der Waals surface area contributed by atoms with Gasteiger partial charge in [0.1, 0.15) is 5.75 Å². The van der Waals surface area contributed by atoms with Crippen molar-refractivity contribution < 1.29 is 19.2 Å². The van der Waals surface area contributed by atoms with Gasteiger partial charge in [0.25, 0.3) is 0 Å². The smallest absolute Gasteiger partial charge is 0.217 e. The number of rotatable bonds is 9. The minimum Gasteiger partial charge on any atom is -0.507 e. The van der Waals surface area contributed by atoms with Gasteiger partial charge in [0, 0.05) is 34.2 Å². The maximum Gasteiger partial charge on any atom is 0.217 e. The molecular formula is C24H28N2O4S. The Kier molecular flexibility index (Phi) is 9.74. The van der Waals surface area contributed by atoms with Crippen LogP contribution in [-0.4, -0.2) is 25.6 Å². The molecule has 0 spiro atoms. The van der Waals surface area contributed by atoms with Gasteiger partial charge < -0.3 is 14.8 Å². The van der Waals surface area contributed by atoms with E-state index in [0.29, 0.717) is 12.2 Å².